The highest BCUT2D eigenvalue weighted by atomic mass is 15.0. The number of aromatic nitrogens is 4. The highest BCUT2D eigenvalue weighted by Crippen LogP contribution is 2.47. The second-order valence-corrected chi connectivity index (χ2v) is 12.3. The van der Waals surface area contributed by atoms with Crippen LogP contribution in [-0.4, -0.2) is 19.9 Å². The molecule has 0 aliphatic rings. The Hall–Kier alpha value is -6.78. The smallest absolute Gasteiger partial charge is 0.164 e. The zero-order valence-electron chi connectivity index (χ0n) is 27.1. The van der Waals surface area contributed by atoms with Gasteiger partial charge in [-0.15, -0.1) is 0 Å². The van der Waals surface area contributed by atoms with Gasteiger partial charge in [0.2, 0.25) is 0 Å². The lowest BCUT2D eigenvalue weighted by molar-refractivity contribution is 1.07. The van der Waals surface area contributed by atoms with Crippen LogP contribution in [-0.2, 0) is 0 Å². The third-order valence-electron chi connectivity index (χ3n) is 9.19. The summed E-state index contributed by atoms with van der Waals surface area (Å²) in [5.41, 5.74) is 9.68. The molecule has 234 valence electrons. The average Bonchev–Trinajstić information content (AvgIpc) is 3.21. The lowest BCUT2D eigenvalue weighted by Crippen LogP contribution is -2.00. The summed E-state index contributed by atoms with van der Waals surface area (Å²) in [4.78, 5) is 19.5. The van der Waals surface area contributed by atoms with Crippen LogP contribution in [0.4, 0.5) is 0 Å². The lowest BCUT2D eigenvalue weighted by atomic mass is 9.83. The van der Waals surface area contributed by atoms with E-state index in [-0.39, 0.29) is 0 Å². The number of hydrogen-bond acceptors (Lipinski definition) is 4. The summed E-state index contributed by atoms with van der Waals surface area (Å²) in [7, 11) is 0. The van der Waals surface area contributed by atoms with Gasteiger partial charge in [-0.2, -0.15) is 0 Å². The molecular formula is C46H30N4. The standard InChI is InChI=1S/C46H30N4/c1-4-15-31(16-5-1)41-40-27-13-26-37(36-23-14-28-47-30-36)43(40)39-25-11-10-24-38(39)42(41)34-21-12-22-35(29-34)46-49-44(32-17-6-2-7-18-32)48-45(50-46)33-19-8-3-9-20-33/h1-30H. The summed E-state index contributed by atoms with van der Waals surface area (Å²) in [6.07, 6.45) is 3.77. The predicted octanol–water partition coefficient (Wildman–Crippen LogP) is 11.6. The molecule has 4 nitrogen and oxygen atoms in total. The maximum Gasteiger partial charge on any atom is 0.164 e. The summed E-state index contributed by atoms with van der Waals surface area (Å²) in [6, 6.07) is 59.1. The van der Waals surface area contributed by atoms with Gasteiger partial charge in [-0.1, -0.05) is 158 Å². The normalized spacial score (nSPS) is 11.2. The molecule has 0 saturated heterocycles. The van der Waals surface area contributed by atoms with E-state index in [1.165, 1.54) is 32.7 Å². The Morgan fingerprint density at radius 2 is 0.800 bits per heavy atom. The molecule has 0 N–H and O–H groups in total. The van der Waals surface area contributed by atoms with Crippen molar-refractivity contribution in [3.05, 3.63) is 182 Å². The van der Waals surface area contributed by atoms with E-state index in [1.807, 2.05) is 79.1 Å². The zero-order chi connectivity index (χ0) is 33.3. The first-order valence-electron chi connectivity index (χ1n) is 16.7. The summed E-state index contributed by atoms with van der Waals surface area (Å²) in [5, 5.41) is 4.78. The van der Waals surface area contributed by atoms with Gasteiger partial charge >= 0.3 is 0 Å². The molecule has 0 spiro atoms. The van der Waals surface area contributed by atoms with Crippen molar-refractivity contribution in [2.45, 2.75) is 0 Å². The third kappa shape index (κ3) is 5.29. The van der Waals surface area contributed by atoms with E-state index >= 15 is 0 Å². The molecule has 0 radical (unpaired) electrons. The summed E-state index contributed by atoms with van der Waals surface area (Å²) >= 11 is 0. The second kappa shape index (κ2) is 12.7. The van der Waals surface area contributed by atoms with E-state index in [2.05, 4.69) is 108 Å². The van der Waals surface area contributed by atoms with Crippen molar-refractivity contribution in [3.63, 3.8) is 0 Å². The van der Waals surface area contributed by atoms with Gasteiger partial charge in [-0.05, 0) is 61.5 Å². The van der Waals surface area contributed by atoms with Crippen molar-refractivity contribution in [2.24, 2.45) is 0 Å². The first-order valence-corrected chi connectivity index (χ1v) is 16.7. The molecule has 0 saturated carbocycles. The van der Waals surface area contributed by atoms with Gasteiger partial charge in [0.15, 0.2) is 17.5 Å². The molecule has 9 rings (SSSR count). The first kappa shape index (κ1) is 29.4. The molecular weight excluding hydrogens is 609 g/mol. The van der Waals surface area contributed by atoms with Crippen LogP contribution < -0.4 is 0 Å². The summed E-state index contributed by atoms with van der Waals surface area (Å²) in [5.74, 6) is 1.91. The van der Waals surface area contributed by atoms with Crippen LogP contribution in [0.2, 0.25) is 0 Å². The van der Waals surface area contributed by atoms with Gasteiger partial charge in [0.05, 0.1) is 0 Å². The second-order valence-electron chi connectivity index (χ2n) is 12.3. The SMILES string of the molecule is c1ccc(-c2nc(-c3ccccc3)nc(-c3cccc(-c4c(-c5ccccc5)c5cccc(-c6cccnc6)c5c5ccccc45)c3)n2)cc1. The van der Waals surface area contributed by atoms with Gasteiger partial charge in [-0.3, -0.25) is 4.98 Å². The molecule has 50 heavy (non-hydrogen) atoms. The van der Waals surface area contributed by atoms with Crippen LogP contribution in [0.15, 0.2) is 182 Å². The highest BCUT2D eigenvalue weighted by Gasteiger charge is 2.21. The maximum absolute atomic E-state index is 5.04. The topological polar surface area (TPSA) is 51.6 Å². The number of pyridine rings is 1. The monoisotopic (exact) mass is 638 g/mol. The molecule has 0 aliphatic carbocycles. The molecule has 0 aliphatic heterocycles. The molecule has 0 unspecified atom stereocenters. The number of nitrogens with zero attached hydrogens (tertiary/aromatic N) is 4. The Labute approximate surface area is 290 Å². The molecule has 2 aromatic heterocycles. The predicted molar refractivity (Wildman–Crippen MR) is 205 cm³/mol. The van der Waals surface area contributed by atoms with Crippen molar-refractivity contribution >= 4 is 21.5 Å². The van der Waals surface area contributed by atoms with Crippen molar-refractivity contribution in [1.29, 1.82) is 0 Å². The van der Waals surface area contributed by atoms with Crippen LogP contribution in [0.3, 0.4) is 0 Å². The van der Waals surface area contributed by atoms with E-state index in [4.69, 9.17) is 15.0 Å². The fourth-order valence-electron chi connectivity index (χ4n) is 6.96. The van der Waals surface area contributed by atoms with Crippen LogP contribution in [0.5, 0.6) is 0 Å². The quantitative estimate of drug-likeness (QED) is 0.170. The van der Waals surface area contributed by atoms with Crippen LogP contribution in [0.1, 0.15) is 0 Å². The van der Waals surface area contributed by atoms with Crippen LogP contribution in [0.25, 0.3) is 89.1 Å². The van der Waals surface area contributed by atoms with E-state index in [1.54, 1.807) is 0 Å². The Balaban J connectivity index is 1.32. The largest absolute Gasteiger partial charge is 0.264 e. The Morgan fingerprint density at radius 1 is 0.320 bits per heavy atom. The molecule has 0 amide bonds. The number of hydrogen-bond donors (Lipinski definition) is 0. The minimum atomic E-state index is 0.629. The van der Waals surface area contributed by atoms with Crippen molar-refractivity contribution in [1.82, 2.24) is 19.9 Å². The Kier molecular flexibility index (Phi) is 7.45. The number of benzene rings is 7. The molecule has 2 heterocycles. The van der Waals surface area contributed by atoms with Gasteiger partial charge < -0.3 is 0 Å². The van der Waals surface area contributed by atoms with Gasteiger partial charge in [0.25, 0.3) is 0 Å². The molecule has 0 fully saturated rings. The minimum absolute atomic E-state index is 0.629. The summed E-state index contributed by atoms with van der Waals surface area (Å²) < 4.78 is 0. The van der Waals surface area contributed by atoms with E-state index in [9.17, 15) is 0 Å². The van der Waals surface area contributed by atoms with Gasteiger partial charge in [0.1, 0.15) is 0 Å². The summed E-state index contributed by atoms with van der Waals surface area (Å²) in [6.45, 7) is 0. The van der Waals surface area contributed by atoms with Crippen molar-refractivity contribution < 1.29 is 0 Å². The number of fused-ring (bicyclic) bond motifs is 3. The molecule has 0 atom stereocenters. The van der Waals surface area contributed by atoms with E-state index in [0.717, 1.165) is 38.9 Å². The van der Waals surface area contributed by atoms with Gasteiger partial charge in [-0.25, -0.2) is 15.0 Å². The van der Waals surface area contributed by atoms with Crippen molar-refractivity contribution in [3.8, 4) is 67.5 Å². The van der Waals surface area contributed by atoms with E-state index < -0.39 is 0 Å². The molecule has 7 aromatic carbocycles. The van der Waals surface area contributed by atoms with Gasteiger partial charge in [0, 0.05) is 34.6 Å². The zero-order valence-corrected chi connectivity index (χ0v) is 27.1. The Bertz CT molecular complexity index is 2560. The third-order valence-corrected chi connectivity index (χ3v) is 9.19. The Morgan fingerprint density at radius 3 is 1.44 bits per heavy atom. The van der Waals surface area contributed by atoms with Crippen molar-refractivity contribution in [2.75, 3.05) is 0 Å². The fourth-order valence-corrected chi connectivity index (χ4v) is 6.96. The van der Waals surface area contributed by atoms with Crippen LogP contribution >= 0.6 is 0 Å². The molecule has 4 heteroatoms. The van der Waals surface area contributed by atoms with E-state index in [0.29, 0.717) is 17.5 Å². The lowest BCUT2D eigenvalue weighted by Gasteiger charge is -2.20. The average molecular weight is 639 g/mol. The molecule has 0 bridgehead atoms. The maximum atomic E-state index is 5.04. The molecule has 9 aromatic rings. The first-order chi connectivity index (χ1) is 24.8. The fraction of sp³-hybridized carbons (Fsp3) is 0. The van der Waals surface area contributed by atoms with Crippen LogP contribution in [0, 0.1) is 0 Å². The minimum Gasteiger partial charge on any atom is -0.264 e. The highest BCUT2D eigenvalue weighted by molar-refractivity contribution is 6.25. The number of rotatable bonds is 6.